The molecule has 172 valence electrons. The number of fused-ring (bicyclic) bond motifs is 1. The van der Waals surface area contributed by atoms with Crippen LogP contribution >= 0.6 is 0 Å². The van der Waals surface area contributed by atoms with Crippen molar-refractivity contribution in [1.82, 2.24) is 15.0 Å². The first-order chi connectivity index (χ1) is 15.6. The van der Waals surface area contributed by atoms with E-state index < -0.39 is 12.7 Å². The summed E-state index contributed by atoms with van der Waals surface area (Å²) in [5, 5.41) is 6.57. The molecule has 3 aromatic rings. The fourth-order valence-electron chi connectivity index (χ4n) is 3.42. The molecule has 1 aromatic carbocycles. The predicted octanol–water partition coefficient (Wildman–Crippen LogP) is 3.92. The maximum absolute atomic E-state index is 13.3. The number of hydrogen-bond donors (Lipinski definition) is 3. The molecule has 1 unspecified atom stereocenters. The molecule has 0 bridgehead atoms. The van der Waals surface area contributed by atoms with Crippen molar-refractivity contribution in [1.29, 1.82) is 0 Å². The van der Waals surface area contributed by atoms with E-state index in [2.05, 4.69) is 32.5 Å². The number of unbranched alkanes of at least 4 members (excludes halogenated alkanes) is 1. The standard InChI is InChI=1S/C23H31FN6O2/c1-4-5-7-18(17(25)13-24)28-22-21-19(8-6-11-26-21)29-23(30-22)27-14-15-9-10-16(31-2)12-20(15)32-3/h6,8-12,17-18H,4-5,7,13-14,25H2,1-3H3,(H2,27,28,29,30)/t17?,18-/m1/s1. The normalized spacial score (nSPS) is 12.9. The van der Waals surface area contributed by atoms with Crippen LogP contribution in [-0.2, 0) is 6.54 Å². The molecule has 0 aliphatic rings. The number of aromatic nitrogens is 3. The average Bonchev–Trinajstić information content (AvgIpc) is 2.84. The third-order valence-electron chi connectivity index (χ3n) is 5.27. The Balaban J connectivity index is 1.87. The van der Waals surface area contributed by atoms with E-state index in [1.807, 2.05) is 30.3 Å². The van der Waals surface area contributed by atoms with Crippen molar-refractivity contribution in [3.63, 3.8) is 0 Å². The summed E-state index contributed by atoms with van der Waals surface area (Å²) in [6.45, 7) is 1.93. The molecular weight excluding hydrogens is 411 g/mol. The lowest BCUT2D eigenvalue weighted by molar-refractivity contribution is 0.382. The van der Waals surface area contributed by atoms with Crippen LogP contribution < -0.4 is 25.8 Å². The lowest BCUT2D eigenvalue weighted by atomic mass is 10.0. The monoisotopic (exact) mass is 442 g/mol. The van der Waals surface area contributed by atoms with E-state index in [0.29, 0.717) is 40.8 Å². The Kier molecular flexibility index (Phi) is 8.38. The number of nitrogens with two attached hydrogens (primary N) is 1. The van der Waals surface area contributed by atoms with E-state index >= 15 is 0 Å². The predicted molar refractivity (Wildman–Crippen MR) is 125 cm³/mol. The fraction of sp³-hybridized carbons (Fsp3) is 0.435. The summed E-state index contributed by atoms with van der Waals surface area (Å²) < 4.78 is 24.1. The Morgan fingerprint density at radius 1 is 1.16 bits per heavy atom. The summed E-state index contributed by atoms with van der Waals surface area (Å²) >= 11 is 0. The summed E-state index contributed by atoms with van der Waals surface area (Å²) in [5.41, 5.74) is 8.26. The second kappa shape index (κ2) is 11.4. The smallest absolute Gasteiger partial charge is 0.225 e. The second-order valence-corrected chi connectivity index (χ2v) is 7.51. The molecule has 32 heavy (non-hydrogen) atoms. The number of halogens is 1. The molecule has 4 N–H and O–H groups in total. The van der Waals surface area contributed by atoms with Crippen LogP contribution in [0.25, 0.3) is 11.0 Å². The zero-order chi connectivity index (χ0) is 22.9. The van der Waals surface area contributed by atoms with Gasteiger partial charge in [-0.15, -0.1) is 0 Å². The van der Waals surface area contributed by atoms with Gasteiger partial charge in [0.15, 0.2) is 5.82 Å². The van der Waals surface area contributed by atoms with Crippen molar-refractivity contribution in [2.24, 2.45) is 5.73 Å². The number of rotatable bonds is 12. The fourth-order valence-corrected chi connectivity index (χ4v) is 3.42. The van der Waals surface area contributed by atoms with Crippen LogP contribution in [0, 0.1) is 0 Å². The Morgan fingerprint density at radius 3 is 2.72 bits per heavy atom. The molecule has 9 heteroatoms. The van der Waals surface area contributed by atoms with Gasteiger partial charge in [0.2, 0.25) is 5.95 Å². The van der Waals surface area contributed by atoms with Gasteiger partial charge in [0, 0.05) is 30.4 Å². The van der Waals surface area contributed by atoms with E-state index in [0.717, 1.165) is 24.8 Å². The van der Waals surface area contributed by atoms with Gasteiger partial charge >= 0.3 is 0 Å². The van der Waals surface area contributed by atoms with Crippen LogP contribution in [0.5, 0.6) is 11.5 Å². The van der Waals surface area contributed by atoms with Crippen LogP contribution in [0.15, 0.2) is 36.5 Å². The first-order valence-electron chi connectivity index (χ1n) is 10.7. The molecule has 0 aliphatic carbocycles. The second-order valence-electron chi connectivity index (χ2n) is 7.51. The largest absolute Gasteiger partial charge is 0.497 e. The SMILES string of the molecule is CCCC[C@@H](Nc1nc(NCc2ccc(OC)cc2OC)nc2cccnc12)C(N)CF. The average molecular weight is 443 g/mol. The number of anilines is 2. The number of nitrogens with zero attached hydrogens (tertiary/aromatic N) is 3. The highest BCUT2D eigenvalue weighted by atomic mass is 19.1. The lowest BCUT2D eigenvalue weighted by Gasteiger charge is -2.24. The van der Waals surface area contributed by atoms with Crippen LogP contribution in [0.1, 0.15) is 31.7 Å². The van der Waals surface area contributed by atoms with Gasteiger partial charge < -0.3 is 25.8 Å². The summed E-state index contributed by atoms with van der Waals surface area (Å²) in [4.78, 5) is 13.6. The maximum atomic E-state index is 13.3. The van der Waals surface area contributed by atoms with Gasteiger partial charge in [-0.05, 0) is 30.7 Å². The highest BCUT2D eigenvalue weighted by molar-refractivity contribution is 5.86. The minimum absolute atomic E-state index is 0.255. The summed E-state index contributed by atoms with van der Waals surface area (Å²) in [5.74, 6) is 2.37. The lowest BCUT2D eigenvalue weighted by Crippen LogP contribution is -2.42. The molecule has 2 atom stereocenters. The van der Waals surface area contributed by atoms with Crippen molar-refractivity contribution in [2.45, 2.75) is 44.8 Å². The third-order valence-corrected chi connectivity index (χ3v) is 5.27. The number of pyridine rings is 1. The Bertz CT molecular complexity index is 1020. The van der Waals surface area contributed by atoms with Gasteiger partial charge in [-0.1, -0.05) is 19.8 Å². The van der Waals surface area contributed by atoms with Crippen molar-refractivity contribution < 1.29 is 13.9 Å². The number of alkyl halides is 1. The van der Waals surface area contributed by atoms with Crippen LogP contribution in [-0.4, -0.2) is 47.9 Å². The Morgan fingerprint density at radius 2 is 2.00 bits per heavy atom. The summed E-state index contributed by atoms with van der Waals surface area (Å²) in [6, 6.07) is 8.42. The van der Waals surface area contributed by atoms with E-state index in [-0.39, 0.29) is 6.04 Å². The first-order valence-corrected chi connectivity index (χ1v) is 10.7. The number of ether oxygens (including phenoxy) is 2. The summed E-state index contributed by atoms with van der Waals surface area (Å²) in [6.07, 6.45) is 4.36. The van der Waals surface area contributed by atoms with E-state index in [1.165, 1.54) is 0 Å². The van der Waals surface area contributed by atoms with Gasteiger partial charge in [-0.2, -0.15) is 4.98 Å². The van der Waals surface area contributed by atoms with Crippen molar-refractivity contribution in [3.8, 4) is 11.5 Å². The molecule has 0 aliphatic heterocycles. The minimum Gasteiger partial charge on any atom is -0.497 e. The zero-order valence-electron chi connectivity index (χ0n) is 18.8. The minimum atomic E-state index is -0.629. The molecule has 8 nitrogen and oxygen atoms in total. The van der Waals surface area contributed by atoms with Crippen LogP contribution in [0.2, 0.25) is 0 Å². The zero-order valence-corrected chi connectivity index (χ0v) is 18.8. The number of hydrogen-bond acceptors (Lipinski definition) is 8. The highest BCUT2D eigenvalue weighted by Crippen LogP contribution is 2.26. The molecule has 2 heterocycles. The summed E-state index contributed by atoms with van der Waals surface area (Å²) in [7, 11) is 3.23. The molecular formula is C23H31FN6O2. The van der Waals surface area contributed by atoms with Gasteiger partial charge in [-0.25, -0.2) is 9.37 Å². The van der Waals surface area contributed by atoms with Crippen LogP contribution in [0.4, 0.5) is 16.2 Å². The molecule has 0 radical (unpaired) electrons. The number of nitrogens with one attached hydrogen (secondary N) is 2. The number of benzene rings is 1. The molecule has 0 spiro atoms. The van der Waals surface area contributed by atoms with Crippen molar-refractivity contribution in [2.75, 3.05) is 31.5 Å². The van der Waals surface area contributed by atoms with E-state index in [9.17, 15) is 4.39 Å². The quantitative estimate of drug-likeness (QED) is 0.387. The molecule has 0 amide bonds. The molecule has 0 saturated heterocycles. The van der Waals surface area contributed by atoms with E-state index in [4.69, 9.17) is 15.2 Å². The topological polar surface area (TPSA) is 107 Å². The van der Waals surface area contributed by atoms with E-state index in [1.54, 1.807) is 20.4 Å². The van der Waals surface area contributed by atoms with Gasteiger partial charge in [0.05, 0.1) is 25.8 Å². The number of methoxy groups -OCH3 is 2. The molecule has 0 fully saturated rings. The van der Waals surface area contributed by atoms with Crippen LogP contribution in [0.3, 0.4) is 0 Å². The maximum Gasteiger partial charge on any atom is 0.225 e. The first kappa shape index (κ1) is 23.5. The molecule has 0 saturated carbocycles. The molecule has 3 rings (SSSR count). The van der Waals surface area contributed by atoms with Gasteiger partial charge in [0.1, 0.15) is 23.7 Å². The Labute approximate surface area is 187 Å². The van der Waals surface area contributed by atoms with Gasteiger partial charge in [0.25, 0.3) is 0 Å². The van der Waals surface area contributed by atoms with Crippen molar-refractivity contribution in [3.05, 3.63) is 42.1 Å². The van der Waals surface area contributed by atoms with Gasteiger partial charge in [-0.3, -0.25) is 4.98 Å². The highest BCUT2D eigenvalue weighted by Gasteiger charge is 2.20. The third kappa shape index (κ3) is 5.73. The molecule has 2 aromatic heterocycles. The Hall–Kier alpha value is -3.20. The van der Waals surface area contributed by atoms with Crippen molar-refractivity contribution >= 4 is 22.8 Å².